The van der Waals surface area contributed by atoms with Gasteiger partial charge in [0, 0.05) is 61.8 Å². The number of rotatable bonds is 7. The van der Waals surface area contributed by atoms with Crippen molar-refractivity contribution in [3.63, 3.8) is 0 Å². The molecule has 4 aromatic rings. The Morgan fingerprint density at radius 2 is 2.22 bits per heavy atom. The Morgan fingerprint density at radius 1 is 1.34 bits per heavy atom. The Bertz CT molecular complexity index is 1270. The van der Waals surface area contributed by atoms with E-state index in [0.29, 0.717) is 30.3 Å². The second kappa shape index (κ2) is 8.14. The van der Waals surface area contributed by atoms with E-state index in [0.717, 1.165) is 22.2 Å². The van der Waals surface area contributed by atoms with E-state index in [2.05, 4.69) is 42.2 Å². The average molecular weight is 430 g/mol. The molecule has 32 heavy (non-hydrogen) atoms. The third-order valence-electron chi connectivity index (χ3n) is 5.34. The number of pyridine rings is 1. The molecule has 10 heteroatoms. The summed E-state index contributed by atoms with van der Waals surface area (Å²) in [6.45, 7) is 3.49. The molecule has 10 nitrogen and oxygen atoms in total. The Hall–Kier alpha value is -4.21. The predicted molar refractivity (Wildman–Crippen MR) is 119 cm³/mol. The smallest absolute Gasteiger partial charge is 0.243 e. The van der Waals surface area contributed by atoms with Crippen molar-refractivity contribution in [3.05, 3.63) is 55.8 Å². The first kappa shape index (κ1) is 19.7. The third kappa shape index (κ3) is 3.89. The lowest BCUT2D eigenvalue weighted by Crippen LogP contribution is -2.48. The van der Waals surface area contributed by atoms with Gasteiger partial charge < -0.3 is 20.4 Å². The Morgan fingerprint density at radius 3 is 2.94 bits per heavy atom. The highest BCUT2D eigenvalue weighted by Gasteiger charge is 2.33. The van der Waals surface area contributed by atoms with Gasteiger partial charge in [-0.2, -0.15) is 15.1 Å². The van der Waals surface area contributed by atoms with Crippen LogP contribution in [0.15, 0.2) is 55.8 Å². The molecule has 0 bridgehead atoms. The number of anilines is 2. The van der Waals surface area contributed by atoms with Crippen molar-refractivity contribution in [2.24, 2.45) is 7.05 Å². The number of nitrogens with zero attached hydrogens (tertiary/aromatic N) is 5. The second-order valence-corrected chi connectivity index (χ2v) is 7.67. The van der Waals surface area contributed by atoms with Gasteiger partial charge in [-0.25, -0.2) is 0 Å². The number of aryl methyl sites for hydroxylation is 1. The summed E-state index contributed by atoms with van der Waals surface area (Å²) in [6, 6.07) is 3.93. The SMILES string of the molecule is C=CC(=O)N[C@H]1C[C@@H](Oc2nc(Nc3cnn(C)c3)nc3[nH]cc(-c4cccnc4)c23)C1. The van der Waals surface area contributed by atoms with Gasteiger partial charge in [0.05, 0.1) is 17.3 Å². The predicted octanol–water partition coefficient (Wildman–Crippen LogP) is 2.71. The van der Waals surface area contributed by atoms with Crippen LogP contribution < -0.4 is 15.4 Å². The number of aromatic amines is 1. The zero-order valence-corrected chi connectivity index (χ0v) is 17.4. The summed E-state index contributed by atoms with van der Waals surface area (Å²) in [5.41, 5.74) is 3.26. The zero-order valence-electron chi connectivity index (χ0n) is 17.4. The van der Waals surface area contributed by atoms with Gasteiger partial charge in [-0.05, 0) is 12.1 Å². The second-order valence-electron chi connectivity index (χ2n) is 7.67. The van der Waals surface area contributed by atoms with Gasteiger partial charge in [0.2, 0.25) is 17.7 Å². The maximum atomic E-state index is 11.5. The molecule has 0 atom stereocenters. The van der Waals surface area contributed by atoms with Crippen LogP contribution in [0.25, 0.3) is 22.2 Å². The molecule has 3 N–H and O–H groups in total. The van der Waals surface area contributed by atoms with Crippen molar-refractivity contribution in [2.75, 3.05) is 5.32 Å². The highest BCUT2D eigenvalue weighted by molar-refractivity contribution is 5.97. The first-order chi connectivity index (χ1) is 15.6. The molecule has 0 radical (unpaired) electrons. The lowest BCUT2D eigenvalue weighted by Gasteiger charge is -2.35. The van der Waals surface area contributed by atoms with Crippen molar-refractivity contribution in [3.8, 4) is 17.0 Å². The molecule has 162 valence electrons. The van der Waals surface area contributed by atoms with E-state index in [1.807, 2.05) is 31.6 Å². The van der Waals surface area contributed by atoms with Gasteiger partial charge in [-0.1, -0.05) is 12.6 Å². The summed E-state index contributed by atoms with van der Waals surface area (Å²) < 4.78 is 7.98. The van der Waals surface area contributed by atoms with Crippen LogP contribution in [0, 0.1) is 0 Å². The zero-order chi connectivity index (χ0) is 22.1. The standard InChI is InChI=1S/C22H22N8O2/c1-3-18(31)26-14-7-16(8-14)32-21-19-17(13-5-4-6-23-9-13)11-24-20(19)28-22(29-21)27-15-10-25-30(2)12-15/h3-6,9-12,14,16H,1,7-8H2,2H3,(H,26,31)(H2,24,27,28,29)/t14-,16+. The molecule has 0 aliphatic heterocycles. The summed E-state index contributed by atoms with van der Waals surface area (Å²) in [7, 11) is 1.84. The van der Waals surface area contributed by atoms with Gasteiger partial charge in [0.25, 0.3) is 0 Å². The molecule has 1 amide bonds. The molecule has 1 fully saturated rings. The number of hydrogen-bond donors (Lipinski definition) is 3. The fourth-order valence-electron chi connectivity index (χ4n) is 3.70. The summed E-state index contributed by atoms with van der Waals surface area (Å²) in [5.74, 6) is 0.696. The molecular formula is C22H22N8O2. The number of aromatic nitrogens is 6. The van der Waals surface area contributed by atoms with E-state index in [-0.39, 0.29) is 18.1 Å². The van der Waals surface area contributed by atoms with Crippen molar-refractivity contribution < 1.29 is 9.53 Å². The van der Waals surface area contributed by atoms with Gasteiger partial charge in [0.1, 0.15) is 11.8 Å². The fraction of sp³-hybridized carbons (Fsp3) is 0.227. The summed E-state index contributed by atoms with van der Waals surface area (Å²) in [4.78, 5) is 28.3. The number of fused-ring (bicyclic) bond motifs is 1. The molecular weight excluding hydrogens is 408 g/mol. The van der Waals surface area contributed by atoms with Crippen molar-refractivity contribution in [2.45, 2.75) is 25.0 Å². The minimum Gasteiger partial charge on any atom is -0.474 e. The van der Waals surface area contributed by atoms with E-state index in [9.17, 15) is 4.79 Å². The van der Waals surface area contributed by atoms with Crippen LogP contribution in [0.3, 0.4) is 0 Å². The Balaban J connectivity index is 1.47. The van der Waals surface area contributed by atoms with Crippen LogP contribution in [0.4, 0.5) is 11.6 Å². The number of amides is 1. The average Bonchev–Trinajstić information content (AvgIpc) is 3.38. The number of carbonyl (C=O) groups excluding carboxylic acids is 1. The van der Waals surface area contributed by atoms with Crippen molar-refractivity contribution in [1.29, 1.82) is 0 Å². The fourth-order valence-corrected chi connectivity index (χ4v) is 3.70. The molecule has 0 aromatic carbocycles. The number of carbonyl (C=O) groups is 1. The number of H-pyrrole nitrogens is 1. The molecule has 4 heterocycles. The number of ether oxygens (including phenoxy) is 1. The highest BCUT2D eigenvalue weighted by atomic mass is 16.5. The largest absolute Gasteiger partial charge is 0.474 e. The quantitative estimate of drug-likeness (QED) is 0.385. The minimum absolute atomic E-state index is 0.0638. The van der Waals surface area contributed by atoms with E-state index >= 15 is 0 Å². The first-order valence-corrected chi connectivity index (χ1v) is 10.2. The van der Waals surface area contributed by atoms with Crippen molar-refractivity contribution >= 4 is 28.6 Å². The normalized spacial score (nSPS) is 17.5. The maximum Gasteiger partial charge on any atom is 0.243 e. The summed E-state index contributed by atoms with van der Waals surface area (Å²) >= 11 is 0. The maximum absolute atomic E-state index is 11.5. The van der Waals surface area contributed by atoms with E-state index in [1.165, 1.54) is 6.08 Å². The minimum atomic E-state index is -0.176. The topological polar surface area (TPSA) is 123 Å². The molecule has 4 aromatic heterocycles. The molecule has 1 aliphatic carbocycles. The van der Waals surface area contributed by atoms with E-state index in [4.69, 9.17) is 4.74 Å². The number of hydrogen-bond acceptors (Lipinski definition) is 7. The lowest BCUT2D eigenvalue weighted by molar-refractivity contribution is -0.118. The van der Waals surface area contributed by atoms with Gasteiger partial charge in [-0.15, -0.1) is 0 Å². The summed E-state index contributed by atoms with van der Waals surface area (Å²) in [5, 5.41) is 11.0. The van der Waals surface area contributed by atoms with Gasteiger partial charge >= 0.3 is 0 Å². The molecule has 5 rings (SSSR count). The van der Waals surface area contributed by atoms with E-state index < -0.39 is 0 Å². The van der Waals surface area contributed by atoms with Gasteiger partial charge in [-0.3, -0.25) is 14.5 Å². The Labute approximate surface area is 183 Å². The molecule has 0 unspecified atom stereocenters. The van der Waals surface area contributed by atoms with Crippen LogP contribution >= 0.6 is 0 Å². The lowest BCUT2D eigenvalue weighted by atomic mass is 9.89. The highest BCUT2D eigenvalue weighted by Crippen LogP contribution is 2.36. The van der Waals surface area contributed by atoms with Crippen molar-refractivity contribution in [1.82, 2.24) is 35.0 Å². The van der Waals surface area contributed by atoms with E-state index in [1.54, 1.807) is 23.3 Å². The van der Waals surface area contributed by atoms with Crippen LogP contribution in [0.2, 0.25) is 0 Å². The molecule has 1 aliphatic rings. The molecule has 0 spiro atoms. The molecule has 1 saturated carbocycles. The van der Waals surface area contributed by atoms with Crippen LogP contribution in [-0.4, -0.2) is 47.8 Å². The summed E-state index contributed by atoms with van der Waals surface area (Å²) in [6.07, 6.45) is 11.5. The number of nitrogens with one attached hydrogen (secondary N) is 3. The van der Waals surface area contributed by atoms with Gasteiger partial charge in [0.15, 0.2) is 0 Å². The Kier molecular flexibility index (Phi) is 5.02. The molecule has 0 saturated heterocycles. The van der Waals surface area contributed by atoms with Crippen LogP contribution in [0.1, 0.15) is 12.8 Å². The van der Waals surface area contributed by atoms with Crippen LogP contribution in [-0.2, 0) is 11.8 Å². The third-order valence-corrected chi connectivity index (χ3v) is 5.34. The first-order valence-electron chi connectivity index (χ1n) is 10.2. The van der Waals surface area contributed by atoms with Crippen LogP contribution in [0.5, 0.6) is 5.88 Å². The monoisotopic (exact) mass is 430 g/mol.